The van der Waals surface area contributed by atoms with Crippen LogP contribution < -0.4 is 24.0 Å². The first kappa shape index (κ1) is 26.0. The van der Waals surface area contributed by atoms with Crippen molar-refractivity contribution >= 4 is 38.9 Å². The highest BCUT2D eigenvalue weighted by Crippen LogP contribution is 2.36. The monoisotopic (exact) mass is 523 g/mol. The van der Waals surface area contributed by atoms with Gasteiger partial charge in [0.05, 0.1) is 24.8 Å². The molecule has 1 saturated heterocycles. The van der Waals surface area contributed by atoms with E-state index in [1.54, 1.807) is 47.4 Å². The van der Waals surface area contributed by atoms with E-state index in [0.29, 0.717) is 24.4 Å². The van der Waals surface area contributed by atoms with Crippen LogP contribution in [-0.2, 0) is 19.6 Å². The summed E-state index contributed by atoms with van der Waals surface area (Å²) in [6, 6.07) is 17.9. The summed E-state index contributed by atoms with van der Waals surface area (Å²) >= 11 is 0. The predicted molar refractivity (Wildman–Crippen MR) is 142 cm³/mol. The van der Waals surface area contributed by atoms with Crippen LogP contribution in [0.15, 0.2) is 71.6 Å². The maximum absolute atomic E-state index is 13.7. The van der Waals surface area contributed by atoms with Crippen molar-refractivity contribution in [2.75, 3.05) is 41.8 Å². The second-order valence-corrected chi connectivity index (χ2v) is 10.4. The first-order valence-corrected chi connectivity index (χ1v) is 13.2. The van der Waals surface area contributed by atoms with E-state index in [1.807, 2.05) is 13.0 Å². The molecule has 2 amide bonds. The third-order valence-electron chi connectivity index (χ3n) is 6.13. The SMILES string of the molecule is COc1ccc(OC)c(N(CC(=O)Nc2ccc(C)c(N3CCCC3=O)c2)S(=O)(=O)c2ccccc2)c1. The van der Waals surface area contributed by atoms with Crippen molar-refractivity contribution in [2.45, 2.75) is 24.7 Å². The van der Waals surface area contributed by atoms with Crippen LogP contribution in [0.1, 0.15) is 18.4 Å². The standard InChI is InChI=1S/C27H29N3O6S/c1-19-11-12-20(16-23(19)29-15-7-10-27(29)32)28-26(31)18-30(37(33,34)22-8-5-4-6-9-22)24-17-21(35-2)13-14-25(24)36-3/h4-6,8-9,11-14,16-17H,7,10,15,18H2,1-3H3,(H,28,31). The summed E-state index contributed by atoms with van der Waals surface area (Å²) < 4.78 is 39.1. The molecule has 1 aliphatic rings. The van der Waals surface area contributed by atoms with Gasteiger partial charge in [0.2, 0.25) is 11.8 Å². The fourth-order valence-electron chi connectivity index (χ4n) is 4.22. The molecule has 1 fully saturated rings. The highest BCUT2D eigenvalue weighted by molar-refractivity contribution is 7.92. The number of benzene rings is 3. The molecule has 0 aliphatic carbocycles. The molecule has 3 aromatic carbocycles. The summed E-state index contributed by atoms with van der Waals surface area (Å²) in [6.45, 7) is 2.00. The molecule has 0 spiro atoms. The van der Waals surface area contributed by atoms with Gasteiger partial charge in [-0.05, 0) is 55.3 Å². The molecule has 0 unspecified atom stereocenters. The van der Waals surface area contributed by atoms with Crippen molar-refractivity contribution < 1.29 is 27.5 Å². The first-order valence-electron chi connectivity index (χ1n) is 11.8. The molecule has 3 aromatic rings. The molecule has 9 nitrogen and oxygen atoms in total. The Morgan fingerprint density at radius 3 is 2.43 bits per heavy atom. The Morgan fingerprint density at radius 2 is 1.78 bits per heavy atom. The summed E-state index contributed by atoms with van der Waals surface area (Å²) in [4.78, 5) is 27.2. The highest BCUT2D eigenvalue weighted by Gasteiger charge is 2.30. The van der Waals surface area contributed by atoms with Crippen molar-refractivity contribution in [2.24, 2.45) is 0 Å². The summed E-state index contributed by atoms with van der Waals surface area (Å²) in [5.41, 5.74) is 2.25. The fourth-order valence-corrected chi connectivity index (χ4v) is 5.67. The number of sulfonamides is 1. The minimum Gasteiger partial charge on any atom is -0.497 e. The number of ether oxygens (including phenoxy) is 2. The van der Waals surface area contributed by atoms with Crippen molar-refractivity contribution in [3.05, 3.63) is 72.3 Å². The van der Waals surface area contributed by atoms with Gasteiger partial charge in [0, 0.05) is 30.4 Å². The van der Waals surface area contributed by atoms with Crippen LogP contribution >= 0.6 is 0 Å². The van der Waals surface area contributed by atoms with Crippen LogP contribution in [0.2, 0.25) is 0 Å². The number of nitrogens with zero attached hydrogens (tertiary/aromatic N) is 2. The molecular weight excluding hydrogens is 494 g/mol. The second kappa shape index (κ2) is 10.9. The number of aryl methyl sites for hydroxylation is 1. The molecule has 1 aliphatic heterocycles. The van der Waals surface area contributed by atoms with Crippen molar-refractivity contribution in [1.82, 2.24) is 0 Å². The molecule has 1 N–H and O–H groups in total. The number of rotatable bonds is 9. The molecular formula is C27H29N3O6S. The van der Waals surface area contributed by atoms with Crippen LogP contribution in [0.5, 0.6) is 11.5 Å². The van der Waals surface area contributed by atoms with Gasteiger partial charge >= 0.3 is 0 Å². The van der Waals surface area contributed by atoms with Crippen molar-refractivity contribution in [3.63, 3.8) is 0 Å². The van der Waals surface area contributed by atoms with Crippen molar-refractivity contribution in [1.29, 1.82) is 0 Å². The summed E-state index contributed by atoms with van der Waals surface area (Å²) in [7, 11) is -1.26. The highest BCUT2D eigenvalue weighted by atomic mass is 32.2. The number of carbonyl (C=O) groups is 2. The van der Waals surface area contributed by atoms with Gasteiger partial charge in [-0.2, -0.15) is 0 Å². The Bertz CT molecular complexity index is 1410. The van der Waals surface area contributed by atoms with Gasteiger partial charge in [-0.15, -0.1) is 0 Å². The lowest BCUT2D eigenvalue weighted by Gasteiger charge is -2.26. The molecule has 194 valence electrons. The lowest BCUT2D eigenvalue weighted by Crippen LogP contribution is -2.38. The Balaban J connectivity index is 1.68. The van der Waals surface area contributed by atoms with Crippen LogP contribution in [0.3, 0.4) is 0 Å². The molecule has 0 atom stereocenters. The number of anilines is 3. The molecule has 10 heteroatoms. The van der Waals surface area contributed by atoms with Crippen LogP contribution in [-0.4, -0.2) is 47.5 Å². The van der Waals surface area contributed by atoms with Crippen LogP contribution in [0.25, 0.3) is 0 Å². The van der Waals surface area contributed by atoms with E-state index in [2.05, 4.69) is 5.32 Å². The van der Waals surface area contributed by atoms with Crippen LogP contribution in [0, 0.1) is 6.92 Å². The molecule has 0 bridgehead atoms. The van der Waals surface area contributed by atoms with Gasteiger partial charge in [0.15, 0.2) is 0 Å². The number of hydrogen-bond acceptors (Lipinski definition) is 6. The third-order valence-corrected chi connectivity index (χ3v) is 7.90. The number of methoxy groups -OCH3 is 2. The van der Waals surface area contributed by atoms with Crippen LogP contribution in [0.4, 0.5) is 17.1 Å². The van der Waals surface area contributed by atoms with E-state index in [4.69, 9.17) is 9.47 Å². The van der Waals surface area contributed by atoms with E-state index in [9.17, 15) is 18.0 Å². The Morgan fingerprint density at radius 1 is 1.03 bits per heavy atom. The topological polar surface area (TPSA) is 105 Å². The Kier molecular flexibility index (Phi) is 7.68. The zero-order chi connectivity index (χ0) is 26.6. The van der Waals surface area contributed by atoms with E-state index in [0.717, 1.165) is 22.0 Å². The molecule has 0 aromatic heterocycles. The zero-order valence-electron chi connectivity index (χ0n) is 20.9. The van der Waals surface area contributed by atoms with Gasteiger partial charge < -0.3 is 19.7 Å². The number of hydrogen-bond donors (Lipinski definition) is 1. The van der Waals surface area contributed by atoms with E-state index < -0.39 is 22.5 Å². The lowest BCUT2D eigenvalue weighted by atomic mass is 10.1. The van der Waals surface area contributed by atoms with E-state index >= 15 is 0 Å². The summed E-state index contributed by atoms with van der Waals surface area (Å²) in [5.74, 6) is 0.143. The third kappa shape index (κ3) is 5.54. The minimum absolute atomic E-state index is 0.0258. The number of nitrogens with one attached hydrogen (secondary N) is 1. The number of carbonyl (C=O) groups excluding carboxylic acids is 2. The molecule has 0 radical (unpaired) electrons. The molecule has 37 heavy (non-hydrogen) atoms. The molecule has 1 heterocycles. The predicted octanol–water partition coefficient (Wildman–Crippen LogP) is 3.97. The number of amides is 2. The molecule has 4 rings (SSSR count). The Labute approximate surface area is 216 Å². The zero-order valence-corrected chi connectivity index (χ0v) is 21.7. The minimum atomic E-state index is -4.15. The normalized spacial score (nSPS) is 13.4. The average Bonchev–Trinajstić information content (AvgIpc) is 3.33. The van der Waals surface area contributed by atoms with Gasteiger partial charge in [-0.1, -0.05) is 24.3 Å². The maximum atomic E-state index is 13.7. The lowest BCUT2D eigenvalue weighted by molar-refractivity contribution is -0.117. The smallest absolute Gasteiger partial charge is 0.264 e. The summed E-state index contributed by atoms with van der Waals surface area (Å²) in [5, 5.41) is 2.78. The fraction of sp³-hybridized carbons (Fsp3) is 0.259. The van der Waals surface area contributed by atoms with Gasteiger partial charge in [-0.25, -0.2) is 8.42 Å². The van der Waals surface area contributed by atoms with E-state index in [1.165, 1.54) is 32.4 Å². The maximum Gasteiger partial charge on any atom is 0.264 e. The van der Waals surface area contributed by atoms with Crippen molar-refractivity contribution in [3.8, 4) is 11.5 Å². The Hall–Kier alpha value is -4.05. The van der Waals surface area contributed by atoms with Gasteiger partial charge in [0.1, 0.15) is 18.0 Å². The quantitative estimate of drug-likeness (QED) is 0.455. The first-order chi connectivity index (χ1) is 17.7. The largest absolute Gasteiger partial charge is 0.497 e. The van der Waals surface area contributed by atoms with Gasteiger partial charge in [-0.3, -0.25) is 13.9 Å². The average molecular weight is 524 g/mol. The van der Waals surface area contributed by atoms with E-state index in [-0.39, 0.29) is 22.2 Å². The molecule has 0 saturated carbocycles. The summed E-state index contributed by atoms with van der Waals surface area (Å²) in [6.07, 6.45) is 1.27. The second-order valence-electron chi connectivity index (χ2n) is 8.56. The van der Waals surface area contributed by atoms with Gasteiger partial charge in [0.25, 0.3) is 10.0 Å².